The van der Waals surface area contributed by atoms with Gasteiger partial charge in [0.15, 0.2) is 0 Å². The minimum absolute atomic E-state index is 0.322. The summed E-state index contributed by atoms with van der Waals surface area (Å²) in [5.41, 5.74) is 3.04. The second kappa shape index (κ2) is 7.19. The second-order valence-electron chi connectivity index (χ2n) is 5.58. The van der Waals surface area contributed by atoms with Crippen LogP contribution in [0.3, 0.4) is 0 Å². The molecule has 25 heavy (non-hydrogen) atoms. The maximum atomic E-state index is 12.6. The first-order chi connectivity index (χ1) is 12.1. The van der Waals surface area contributed by atoms with E-state index in [9.17, 15) is 4.79 Å². The average Bonchev–Trinajstić information content (AvgIpc) is 2.87. The van der Waals surface area contributed by atoms with E-state index in [1.807, 2.05) is 60.9 Å². The molecular weight excluding hydrogens is 338 g/mol. The van der Waals surface area contributed by atoms with Crippen molar-refractivity contribution >= 4 is 28.5 Å². The van der Waals surface area contributed by atoms with Crippen molar-refractivity contribution in [2.24, 2.45) is 0 Å². The van der Waals surface area contributed by atoms with Gasteiger partial charge in [-0.3, -0.25) is 0 Å². The first-order valence-corrected chi connectivity index (χ1v) is 8.66. The number of nitrogens with zero attached hydrogens (tertiary/aromatic N) is 1. The summed E-state index contributed by atoms with van der Waals surface area (Å²) in [6.45, 7) is 6.51. The molecule has 0 saturated carbocycles. The van der Waals surface area contributed by atoms with Crippen molar-refractivity contribution in [2.45, 2.75) is 20.8 Å². The van der Waals surface area contributed by atoms with E-state index in [1.54, 1.807) is 6.92 Å². The monoisotopic (exact) mass is 357 g/mol. The molecule has 0 amide bonds. The van der Waals surface area contributed by atoms with E-state index in [2.05, 4.69) is 0 Å². The van der Waals surface area contributed by atoms with Crippen molar-refractivity contribution in [3.05, 3.63) is 58.7 Å². The molecule has 0 N–H and O–H groups in total. The molecule has 0 saturated heterocycles. The van der Waals surface area contributed by atoms with E-state index in [4.69, 9.17) is 21.1 Å². The number of benzene rings is 2. The van der Waals surface area contributed by atoms with Gasteiger partial charge in [0.2, 0.25) is 0 Å². The van der Waals surface area contributed by atoms with Crippen LogP contribution in [0.5, 0.6) is 5.75 Å². The Bertz CT molecular complexity index is 930. The number of aromatic nitrogens is 1. The Morgan fingerprint density at radius 3 is 2.56 bits per heavy atom. The molecule has 5 heteroatoms. The number of esters is 1. The predicted octanol–water partition coefficient (Wildman–Crippen LogP) is 5.17. The van der Waals surface area contributed by atoms with Gasteiger partial charge in [0.25, 0.3) is 0 Å². The number of rotatable bonds is 5. The van der Waals surface area contributed by atoms with E-state index in [-0.39, 0.29) is 5.97 Å². The van der Waals surface area contributed by atoms with Gasteiger partial charge >= 0.3 is 5.97 Å². The topological polar surface area (TPSA) is 40.5 Å². The minimum Gasteiger partial charge on any atom is -0.494 e. The molecule has 3 aromatic rings. The average molecular weight is 358 g/mol. The third-order valence-electron chi connectivity index (χ3n) is 4.06. The summed E-state index contributed by atoms with van der Waals surface area (Å²) in [5, 5.41) is 1.41. The largest absolute Gasteiger partial charge is 0.494 e. The van der Waals surface area contributed by atoms with Crippen LogP contribution in [0.1, 0.15) is 29.9 Å². The lowest BCUT2D eigenvalue weighted by atomic mass is 10.1. The zero-order chi connectivity index (χ0) is 18.0. The van der Waals surface area contributed by atoms with Crippen LogP contribution in [-0.4, -0.2) is 23.8 Å². The van der Waals surface area contributed by atoms with E-state index < -0.39 is 0 Å². The summed E-state index contributed by atoms with van der Waals surface area (Å²) in [6, 6.07) is 13.3. The van der Waals surface area contributed by atoms with Gasteiger partial charge in [0.05, 0.1) is 35.0 Å². The molecule has 130 valence electrons. The Labute approximate surface area is 151 Å². The van der Waals surface area contributed by atoms with Crippen LogP contribution in [-0.2, 0) is 4.74 Å². The molecule has 0 aliphatic rings. The van der Waals surface area contributed by atoms with E-state index in [0.29, 0.717) is 23.8 Å². The van der Waals surface area contributed by atoms with Crippen LogP contribution in [0, 0.1) is 6.92 Å². The molecule has 0 aliphatic heterocycles. The smallest absolute Gasteiger partial charge is 0.340 e. The Balaban J connectivity index is 2.33. The molecule has 0 aliphatic carbocycles. The van der Waals surface area contributed by atoms with Crippen molar-refractivity contribution in [1.82, 2.24) is 4.57 Å². The lowest BCUT2D eigenvalue weighted by Gasteiger charge is -2.11. The van der Waals surface area contributed by atoms with Gasteiger partial charge in [-0.15, -0.1) is 0 Å². The normalized spacial score (nSPS) is 10.9. The standard InChI is InChI=1S/C20H20ClNO3/c1-4-24-14-10-11-17-15(12-14)19(20(23)25-5-2)13(3)22(17)18-9-7-6-8-16(18)21/h6-12H,4-5H2,1-3H3. The summed E-state index contributed by atoms with van der Waals surface area (Å²) in [6.07, 6.45) is 0. The minimum atomic E-state index is -0.343. The van der Waals surface area contributed by atoms with Gasteiger partial charge in [0, 0.05) is 11.1 Å². The highest BCUT2D eigenvalue weighted by atomic mass is 35.5. The highest BCUT2D eigenvalue weighted by Crippen LogP contribution is 2.34. The highest BCUT2D eigenvalue weighted by molar-refractivity contribution is 6.32. The third kappa shape index (κ3) is 3.10. The van der Waals surface area contributed by atoms with Crippen molar-refractivity contribution in [3.8, 4) is 11.4 Å². The molecule has 0 spiro atoms. The van der Waals surface area contributed by atoms with E-state index >= 15 is 0 Å². The molecule has 0 unspecified atom stereocenters. The van der Waals surface area contributed by atoms with Crippen LogP contribution >= 0.6 is 11.6 Å². The molecule has 1 heterocycles. The molecule has 3 rings (SSSR count). The lowest BCUT2D eigenvalue weighted by molar-refractivity contribution is 0.0527. The maximum absolute atomic E-state index is 12.6. The molecule has 1 aromatic heterocycles. The van der Waals surface area contributed by atoms with Crippen molar-refractivity contribution < 1.29 is 14.3 Å². The lowest BCUT2D eigenvalue weighted by Crippen LogP contribution is -2.07. The van der Waals surface area contributed by atoms with Crippen LogP contribution in [0.2, 0.25) is 5.02 Å². The molecule has 0 atom stereocenters. The number of carbonyl (C=O) groups excluding carboxylic acids is 1. The van der Waals surface area contributed by atoms with Crippen LogP contribution in [0.25, 0.3) is 16.6 Å². The Kier molecular flexibility index (Phi) is 5.00. The van der Waals surface area contributed by atoms with Crippen molar-refractivity contribution in [2.75, 3.05) is 13.2 Å². The number of fused-ring (bicyclic) bond motifs is 1. The summed E-state index contributed by atoms with van der Waals surface area (Å²) in [5.74, 6) is 0.376. The Morgan fingerprint density at radius 1 is 1.12 bits per heavy atom. The van der Waals surface area contributed by atoms with E-state index in [1.165, 1.54) is 0 Å². The van der Waals surface area contributed by atoms with Gasteiger partial charge < -0.3 is 14.0 Å². The van der Waals surface area contributed by atoms with Gasteiger partial charge in [-0.1, -0.05) is 23.7 Å². The number of carbonyl (C=O) groups is 1. The van der Waals surface area contributed by atoms with Crippen LogP contribution in [0.15, 0.2) is 42.5 Å². The Hall–Kier alpha value is -2.46. The first-order valence-electron chi connectivity index (χ1n) is 8.28. The molecule has 2 aromatic carbocycles. The van der Waals surface area contributed by atoms with E-state index in [0.717, 1.165) is 28.0 Å². The van der Waals surface area contributed by atoms with Gasteiger partial charge in [0.1, 0.15) is 5.75 Å². The highest BCUT2D eigenvalue weighted by Gasteiger charge is 2.23. The van der Waals surface area contributed by atoms with Crippen LogP contribution < -0.4 is 4.74 Å². The fourth-order valence-corrected chi connectivity index (χ4v) is 3.28. The molecular formula is C20H20ClNO3. The first kappa shape index (κ1) is 17.4. The quantitative estimate of drug-likeness (QED) is 0.591. The van der Waals surface area contributed by atoms with Gasteiger partial charge in [-0.2, -0.15) is 0 Å². The fraction of sp³-hybridized carbons (Fsp3) is 0.250. The number of hydrogen-bond acceptors (Lipinski definition) is 3. The Morgan fingerprint density at radius 2 is 1.88 bits per heavy atom. The van der Waals surface area contributed by atoms with Gasteiger partial charge in [-0.25, -0.2) is 4.79 Å². The summed E-state index contributed by atoms with van der Waals surface area (Å²) >= 11 is 6.40. The third-order valence-corrected chi connectivity index (χ3v) is 4.38. The number of ether oxygens (including phenoxy) is 2. The van der Waals surface area contributed by atoms with Crippen molar-refractivity contribution in [3.63, 3.8) is 0 Å². The number of hydrogen-bond donors (Lipinski definition) is 0. The SMILES string of the molecule is CCOC(=O)c1c(C)n(-c2ccccc2Cl)c2ccc(OCC)cc12. The van der Waals surface area contributed by atoms with Crippen molar-refractivity contribution in [1.29, 1.82) is 0 Å². The molecule has 0 fully saturated rings. The van der Waals surface area contributed by atoms with Gasteiger partial charge in [-0.05, 0) is 51.1 Å². The summed E-state index contributed by atoms with van der Waals surface area (Å²) < 4.78 is 12.9. The summed E-state index contributed by atoms with van der Waals surface area (Å²) in [4.78, 5) is 12.6. The number of halogens is 1. The fourth-order valence-electron chi connectivity index (χ4n) is 3.06. The maximum Gasteiger partial charge on any atom is 0.340 e. The molecule has 4 nitrogen and oxygen atoms in total. The van der Waals surface area contributed by atoms with Crippen LogP contribution in [0.4, 0.5) is 0 Å². The molecule has 0 bridgehead atoms. The predicted molar refractivity (Wildman–Crippen MR) is 100 cm³/mol. The molecule has 0 radical (unpaired) electrons. The number of para-hydroxylation sites is 1. The summed E-state index contributed by atoms with van der Waals surface area (Å²) in [7, 11) is 0. The zero-order valence-electron chi connectivity index (χ0n) is 14.5. The zero-order valence-corrected chi connectivity index (χ0v) is 15.3. The second-order valence-corrected chi connectivity index (χ2v) is 5.99.